The first-order valence-electron chi connectivity index (χ1n) is 4.82. The van der Waals surface area contributed by atoms with Crippen molar-refractivity contribution in [1.29, 1.82) is 0 Å². The molecule has 0 saturated carbocycles. The van der Waals surface area contributed by atoms with Crippen LogP contribution < -0.4 is 5.73 Å². The number of benzene rings is 1. The number of nitrogens with zero attached hydrogens (tertiary/aromatic N) is 1. The minimum atomic E-state index is -4.70. The van der Waals surface area contributed by atoms with Crippen LogP contribution in [0.25, 0.3) is 0 Å². The third-order valence-electron chi connectivity index (χ3n) is 2.44. The molecule has 0 bridgehead atoms. The number of aliphatic imine (C=N–C) groups is 1. The van der Waals surface area contributed by atoms with Gasteiger partial charge in [-0.15, -0.1) is 0 Å². The predicted molar refractivity (Wildman–Crippen MR) is 56.7 cm³/mol. The summed E-state index contributed by atoms with van der Waals surface area (Å²) in [6.45, 7) is -0.244. The SMILES string of the molecule is NC1=NC(c2c(C(F)(F)F)ccc(Cl)c2F)CO1. The zero-order valence-electron chi connectivity index (χ0n) is 8.76. The molecule has 98 valence electrons. The Morgan fingerprint density at radius 2 is 2.06 bits per heavy atom. The molecule has 0 fully saturated rings. The van der Waals surface area contributed by atoms with E-state index in [9.17, 15) is 17.6 Å². The maximum absolute atomic E-state index is 13.8. The lowest BCUT2D eigenvalue weighted by atomic mass is 10.00. The average Bonchev–Trinajstić information content (AvgIpc) is 2.66. The van der Waals surface area contributed by atoms with E-state index in [1.54, 1.807) is 0 Å². The Morgan fingerprint density at radius 3 is 2.56 bits per heavy atom. The van der Waals surface area contributed by atoms with Gasteiger partial charge in [0.05, 0.1) is 10.6 Å². The van der Waals surface area contributed by atoms with Gasteiger partial charge in [0.15, 0.2) is 0 Å². The quantitative estimate of drug-likeness (QED) is 0.805. The summed E-state index contributed by atoms with van der Waals surface area (Å²) in [6, 6.07) is 0.157. The molecule has 2 N–H and O–H groups in total. The lowest BCUT2D eigenvalue weighted by Gasteiger charge is -2.16. The Kier molecular flexibility index (Phi) is 3.10. The zero-order valence-corrected chi connectivity index (χ0v) is 9.52. The number of ether oxygens (including phenoxy) is 1. The van der Waals surface area contributed by atoms with Crippen LogP contribution >= 0.6 is 11.6 Å². The van der Waals surface area contributed by atoms with Crippen molar-refractivity contribution in [3.8, 4) is 0 Å². The molecule has 1 aromatic rings. The van der Waals surface area contributed by atoms with Crippen LogP contribution in [0.2, 0.25) is 5.02 Å². The fourth-order valence-electron chi connectivity index (χ4n) is 1.68. The molecule has 0 amide bonds. The van der Waals surface area contributed by atoms with Crippen molar-refractivity contribution in [2.24, 2.45) is 10.7 Å². The smallest absolute Gasteiger partial charge is 0.416 e. The Labute approximate surface area is 104 Å². The highest BCUT2D eigenvalue weighted by Gasteiger charge is 2.39. The van der Waals surface area contributed by atoms with Crippen molar-refractivity contribution in [3.05, 3.63) is 34.1 Å². The van der Waals surface area contributed by atoms with Crippen LogP contribution in [0.5, 0.6) is 0 Å². The Bertz CT molecular complexity index is 515. The van der Waals surface area contributed by atoms with Gasteiger partial charge in [-0.3, -0.25) is 0 Å². The minimum Gasteiger partial charge on any atom is -0.463 e. The molecule has 0 spiro atoms. The van der Waals surface area contributed by atoms with E-state index in [-0.39, 0.29) is 12.6 Å². The van der Waals surface area contributed by atoms with Gasteiger partial charge in [0, 0.05) is 5.56 Å². The highest BCUT2D eigenvalue weighted by Crippen LogP contribution is 2.40. The molecule has 18 heavy (non-hydrogen) atoms. The summed E-state index contributed by atoms with van der Waals surface area (Å²) >= 11 is 5.49. The van der Waals surface area contributed by atoms with E-state index in [1.165, 1.54) is 0 Å². The van der Waals surface area contributed by atoms with Crippen molar-refractivity contribution in [1.82, 2.24) is 0 Å². The van der Waals surface area contributed by atoms with Gasteiger partial charge in [0.2, 0.25) is 0 Å². The lowest BCUT2D eigenvalue weighted by molar-refractivity contribution is -0.138. The summed E-state index contributed by atoms with van der Waals surface area (Å²) in [5.74, 6) is -1.15. The third kappa shape index (κ3) is 2.22. The summed E-state index contributed by atoms with van der Waals surface area (Å²) < 4.78 is 56.8. The van der Waals surface area contributed by atoms with Gasteiger partial charge in [-0.2, -0.15) is 13.2 Å². The van der Waals surface area contributed by atoms with Crippen molar-refractivity contribution in [2.45, 2.75) is 12.2 Å². The topological polar surface area (TPSA) is 47.6 Å². The molecule has 2 rings (SSSR count). The van der Waals surface area contributed by atoms with Crippen molar-refractivity contribution >= 4 is 17.6 Å². The molecule has 0 aliphatic carbocycles. The number of amidine groups is 1. The Hall–Kier alpha value is -1.50. The molecular formula is C10H7ClF4N2O. The van der Waals surface area contributed by atoms with Gasteiger partial charge in [0.1, 0.15) is 18.5 Å². The first-order valence-corrected chi connectivity index (χ1v) is 5.19. The van der Waals surface area contributed by atoms with E-state index >= 15 is 0 Å². The predicted octanol–water partition coefficient (Wildman–Crippen LogP) is 2.88. The van der Waals surface area contributed by atoms with Crippen LogP contribution in [-0.2, 0) is 10.9 Å². The largest absolute Gasteiger partial charge is 0.463 e. The van der Waals surface area contributed by atoms with Gasteiger partial charge in [-0.05, 0) is 12.1 Å². The Morgan fingerprint density at radius 1 is 1.39 bits per heavy atom. The highest BCUT2D eigenvalue weighted by molar-refractivity contribution is 6.30. The van der Waals surface area contributed by atoms with Crippen LogP contribution in [0.3, 0.4) is 0 Å². The zero-order chi connectivity index (χ0) is 13.5. The van der Waals surface area contributed by atoms with Crippen molar-refractivity contribution in [3.63, 3.8) is 0 Å². The molecule has 0 aromatic heterocycles. The number of rotatable bonds is 1. The van der Waals surface area contributed by atoms with Gasteiger partial charge in [-0.25, -0.2) is 9.38 Å². The maximum atomic E-state index is 13.8. The maximum Gasteiger partial charge on any atom is 0.416 e. The van der Waals surface area contributed by atoms with E-state index < -0.39 is 34.2 Å². The fourth-order valence-corrected chi connectivity index (χ4v) is 1.84. The van der Waals surface area contributed by atoms with E-state index in [2.05, 4.69) is 4.99 Å². The molecule has 1 aromatic carbocycles. The third-order valence-corrected chi connectivity index (χ3v) is 2.74. The first kappa shape index (κ1) is 12.9. The molecule has 8 heteroatoms. The molecule has 0 saturated heterocycles. The second kappa shape index (κ2) is 4.31. The average molecular weight is 283 g/mol. The van der Waals surface area contributed by atoms with Crippen LogP contribution in [-0.4, -0.2) is 12.6 Å². The molecule has 1 heterocycles. The minimum absolute atomic E-state index is 0.244. The van der Waals surface area contributed by atoms with Crippen LogP contribution in [0, 0.1) is 5.82 Å². The second-order valence-electron chi connectivity index (χ2n) is 3.61. The Balaban J connectivity index is 2.59. The summed E-state index contributed by atoms with van der Waals surface area (Å²) in [5.41, 5.74) is 3.43. The molecule has 3 nitrogen and oxygen atoms in total. The standard InChI is InChI=1S/C10H7ClF4N2O/c11-5-2-1-4(10(13,14)15)7(8(5)12)6-3-18-9(16)17-6/h1-2,6H,3H2,(H2,16,17). The van der Waals surface area contributed by atoms with Gasteiger partial charge in [0.25, 0.3) is 6.02 Å². The summed E-state index contributed by atoms with van der Waals surface area (Å²) in [7, 11) is 0. The lowest BCUT2D eigenvalue weighted by Crippen LogP contribution is -2.14. The molecule has 1 atom stereocenters. The summed E-state index contributed by atoms with van der Waals surface area (Å²) in [6.07, 6.45) is -4.70. The normalized spacial score (nSPS) is 19.6. The number of nitrogens with two attached hydrogens (primary N) is 1. The first-order chi connectivity index (χ1) is 8.30. The van der Waals surface area contributed by atoms with Crippen LogP contribution in [0.1, 0.15) is 17.2 Å². The summed E-state index contributed by atoms with van der Waals surface area (Å²) in [4.78, 5) is 3.61. The molecule has 1 aliphatic heterocycles. The van der Waals surface area contributed by atoms with Crippen molar-refractivity contribution < 1.29 is 22.3 Å². The number of hydrogen-bond donors (Lipinski definition) is 1. The van der Waals surface area contributed by atoms with Crippen LogP contribution in [0.4, 0.5) is 17.6 Å². The number of alkyl halides is 3. The van der Waals surface area contributed by atoms with E-state index in [1.807, 2.05) is 0 Å². The highest BCUT2D eigenvalue weighted by atomic mass is 35.5. The fraction of sp³-hybridized carbons (Fsp3) is 0.300. The van der Waals surface area contributed by atoms with Gasteiger partial charge < -0.3 is 10.5 Å². The number of halogens is 5. The molecular weight excluding hydrogens is 276 g/mol. The van der Waals surface area contributed by atoms with E-state index in [0.29, 0.717) is 6.07 Å². The number of hydrogen-bond acceptors (Lipinski definition) is 3. The molecule has 0 radical (unpaired) electrons. The summed E-state index contributed by atoms with van der Waals surface area (Å²) in [5, 5.41) is -0.404. The van der Waals surface area contributed by atoms with Gasteiger partial charge >= 0.3 is 6.18 Å². The second-order valence-corrected chi connectivity index (χ2v) is 4.02. The molecule has 1 unspecified atom stereocenters. The molecule has 1 aliphatic rings. The van der Waals surface area contributed by atoms with Gasteiger partial charge in [-0.1, -0.05) is 11.6 Å². The van der Waals surface area contributed by atoms with Crippen molar-refractivity contribution in [2.75, 3.05) is 6.61 Å². The monoisotopic (exact) mass is 282 g/mol. The van der Waals surface area contributed by atoms with E-state index in [4.69, 9.17) is 22.1 Å². The van der Waals surface area contributed by atoms with E-state index in [0.717, 1.165) is 6.07 Å². The van der Waals surface area contributed by atoms with Crippen LogP contribution in [0.15, 0.2) is 17.1 Å².